The number of benzene rings is 2. The molecule has 0 fully saturated rings. The molecule has 0 aliphatic carbocycles. The molecule has 0 saturated heterocycles. The smallest absolute Gasteiger partial charge is 0.269 e. The number of nitrogens with zero attached hydrogens (tertiary/aromatic N) is 1. The predicted molar refractivity (Wildman–Crippen MR) is 76.9 cm³/mol. The number of nitro benzene ring substituents is 1. The van der Waals surface area contributed by atoms with Crippen molar-refractivity contribution in [1.29, 1.82) is 0 Å². The molecule has 7 heteroatoms. The first-order valence-corrected chi connectivity index (χ1v) is 6.31. The molecule has 6 nitrogen and oxygen atoms in total. The molecular formula is C13H9BrN2O4. The summed E-state index contributed by atoms with van der Waals surface area (Å²) in [5, 5.41) is 22.5. The highest BCUT2D eigenvalue weighted by atomic mass is 79.9. The fourth-order valence-corrected chi connectivity index (χ4v) is 1.90. The third kappa shape index (κ3) is 3.12. The number of hydrogen-bond donors (Lipinski definition) is 2. The number of anilines is 1. The van der Waals surface area contributed by atoms with Crippen molar-refractivity contribution in [3.8, 4) is 5.75 Å². The van der Waals surface area contributed by atoms with Crippen molar-refractivity contribution in [2.24, 2.45) is 0 Å². The summed E-state index contributed by atoms with van der Waals surface area (Å²) in [5.41, 5.74) is 0.728. The maximum Gasteiger partial charge on any atom is 0.269 e. The van der Waals surface area contributed by atoms with Gasteiger partial charge in [-0.25, -0.2) is 0 Å². The summed E-state index contributed by atoms with van der Waals surface area (Å²) in [7, 11) is 0. The van der Waals surface area contributed by atoms with E-state index < -0.39 is 10.8 Å². The van der Waals surface area contributed by atoms with Crippen LogP contribution < -0.4 is 5.32 Å². The largest absolute Gasteiger partial charge is 0.507 e. The standard InChI is InChI=1S/C13H9BrN2O4/c14-11-7-9(3-6-12(11)17)15-13(18)8-1-4-10(5-2-8)16(19)20/h1-7,17H,(H,15,18). The second-order valence-corrected chi connectivity index (χ2v) is 4.78. The van der Waals surface area contributed by atoms with Gasteiger partial charge in [-0.3, -0.25) is 14.9 Å². The van der Waals surface area contributed by atoms with E-state index in [4.69, 9.17) is 0 Å². The van der Waals surface area contributed by atoms with Crippen LogP contribution in [0.4, 0.5) is 11.4 Å². The molecule has 2 N–H and O–H groups in total. The zero-order valence-corrected chi connectivity index (χ0v) is 11.6. The summed E-state index contributed by atoms with van der Waals surface area (Å²) in [6.07, 6.45) is 0. The molecule has 2 rings (SSSR count). The lowest BCUT2D eigenvalue weighted by atomic mass is 10.2. The van der Waals surface area contributed by atoms with E-state index in [-0.39, 0.29) is 11.4 Å². The summed E-state index contributed by atoms with van der Waals surface area (Å²) in [6, 6.07) is 9.83. The minimum absolute atomic E-state index is 0.0679. The second-order valence-electron chi connectivity index (χ2n) is 3.92. The van der Waals surface area contributed by atoms with E-state index in [2.05, 4.69) is 21.2 Å². The Hall–Kier alpha value is -2.41. The van der Waals surface area contributed by atoms with Gasteiger partial charge in [-0.2, -0.15) is 0 Å². The van der Waals surface area contributed by atoms with Gasteiger partial charge in [0.15, 0.2) is 0 Å². The van der Waals surface area contributed by atoms with E-state index in [9.17, 15) is 20.0 Å². The highest BCUT2D eigenvalue weighted by Crippen LogP contribution is 2.26. The third-order valence-corrected chi connectivity index (χ3v) is 3.18. The van der Waals surface area contributed by atoms with Gasteiger partial charge in [-0.05, 0) is 46.3 Å². The molecule has 0 unspecified atom stereocenters. The van der Waals surface area contributed by atoms with E-state index >= 15 is 0 Å². The van der Waals surface area contributed by atoms with Gasteiger partial charge in [0.25, 0.3) is 11.6 Å². The molecule has 0 bridgehead atoms. The van der Waals surface area contributed by atoms with Crippen LogP contribution >= 0.6 is 15.9 Å². The van der Waals surface area contributed by atoms with Gasteiger partial charge in [-0.1, -0.05) is 0 Å². The topological polar surface area (TPSA) is 92.5 Å². The van der Waals surface area contributed by atoms with Gasteiger partial charge >= 0.3 is 0 Å². The summed E-state index contributed by atoms with van der Waals surface area (Å²) in [6.45, 7) is 0. The molecule has 0 saturated carbocycles. The van der Waals surface area contributed by atoms with E-state index in [1.54, 1.807) is 12.1 Å². The first-order valence-electron chi connectivity index (χ1n) is 5.51. The average Bonchev–Trinajstić information content (AvgIpc) is 2.43. The highest BCUT2D eigenvalue weighted by Gasteiger charge is 2.10. The first kappa shape index (κ1) is 14.0. The molecule has 2 aromatic rings. The number of halogens is 1. The van der Waals surface area contributed by atoms with Crippen molar-refractivity contribution >= 4 is 33.2 Å². The van der Waals surface area contributed by atoms with Crippen molar-refractivity contribution < 1.29 is 14.8 Å². The van der Waals surface area contributed by atoms with Crippen LogP contribution in [0.2, 0.25) is 0 Å². The minimum atomic E-state index is -0.529. The Morgan fingerprint density at radius 1 is 1.20 bits per heavy atom. The number of nitrogens with one attached hydrogen (secondary N) is 1. The number of phenols is 1. The molecule has 102 valence electrons. The Morgan fingerprint density at radius 3 is 2.40 bits per heavy atom. The zero-order chi connectivity index (χ0) is 14.7. The Kier molecular flexibility index (Phi) is 3.99. The van der Waals surface area contributed by atoms with E-state index in [1.807, 2.05) is 0 Å². The van der Waals surface area contributed by atoms with Crippen LogP contribution in [0.1, 0.15) is 10.4 Å². The predicted octanol–water partition coefficient (Wildman–Crippen LogP) is 3.32. The van der Waals surface area contributed by atoms with E-state index in [1.165, 1.54) is 30.3 Å². The third-order valence-electron chi connectivity index (χ3n) is 2.55. The number of carbonyl (C=O) groups is 1. The molecule has 0 aromatic heterocycles. The van der Waals surface area contributed by atoms with Crippen molar-refractivity contribution in [3.63, 3.8) is 0 Å². The van der Waals surface area contributed by atoms with Gasteiger partial charge in [0.1, 0.15) is 5.75 Å². The molecule has 0 radical (unpaired) electrons. The molecule has 0 spiro atoms. The van der Waals surface area contributed by atoms with Crippen LogP contribution in [0.15, 0.2) is 46.9 Å². The second kappa shape index (κ2) is 5.70. The van der Waals surface area contributed by atoms with Crippen molar-refractivity contribution in [3.05, 3.63) is 62.6 Å². The van der Waals surface area contributed by atoms with E-state index in [0.29, 0.717) is 15.7 Å². The molecule has 0 heterocycles. The number of aromatic hydroxyl groups is 1. The minimum Gasteiger partial charge on any atom is -0.507 e. The van der Waals surface area contributed by atoms with Crippen molar-refractivity contribution in [1.82, 2.24) is 0 Å². The molecule has 1 amide bonds. The lowest BCUT2D eigenvalue weighted by Gasteiger charge is -2.06. The van der Waals surface area contributed by atoms with Gasteiger partial charge in [0.2, 0.25) is 0 Å². The van der Waals surface area contributed by atoms with Crippen LogP contribution in [0.25, 0.3) is 0 Å². The molecule has 20 heavy (non-hydrogen) atoms. The van der Waals surface area contributed by atoms with Crippen LogP contribution in [0.5, 0.6) is 5.75 Å². The quantitative estimate of drug-likeness (QED) is 0.510. The summed E-state index contributed by atoms with van der Waals surface area (Å²) >= 11 is 3.14. The summed E-state index contributed by atoms with van der Waals surface area (Å²) in [4.78, 5) is 21.9. The van der Waals surface area contributed by atoms with Crippen molar-refractivity contribution in [2.75, 3.05) is 5.32 Å². The van der Waals surface area contributed by atoms with Gasteiger partial charge in [0, 0.05) is 23.4 Å². The van der Waals surface area contributed by atoms with Crippen molar-refractivity contribution in [2.45, 2.75) is 0 Å². The number of rotatable bonds is 3. The molecule has 2 aromatic carbocycles. The lowest BCUT2D eigenvalue weighted by molar-refractivity contribution is -0.384. The number of amides is 1. The number of non-ortho nitro benzene ring substituents is 1. The first-order chi connectivity index (χ1) is 9.47. The average molecular weight is 337 g/mol. The summed E-state index contributed by atoms with van der Waals surface area (Å²) in [5.74, 6) is -0.323. The van der Waals surface area contributed by atoms with Gasteiger partial charge < -0.3 is 10.4 Å². The van der Waals surface area contributed by atoms with Crippen LogP contribution in [0.3, 0.4) is 0 Å². The number of hydrogen-bond acceptors (Lipinski definition) is 4. The van der Waals surface area contributed by atoms with Crippen LogP contribution in [0, 0.1) is 10.1 Å². The van der Waals surface area contributed by atoms with E-state index in [0.717, 1.165) is 0 Å². The number of phenolic OH excluding ortho intramolecular Hbond substituents is 1. The molecule has 0 atom stereocenters. The molecule has 0 aliphatic heterocycles. The monoisotopic (exact) mass is 336 g/mol. The molecular weight excluding hydrogens is 328 g/mol. The normalized spacial score (nSPS) is 10.1. The SMILES string of the molecule is O=C(Nc1ccc(O)c(Br)c1)c1ccc([N+](=O)[O-])cc1. The van der Waals surface area contributed by atoms with Gasteiger partial charge in [-0.15, -0.1) is 0 Å². The lowest BCUT2D eigenvalue weighted by Crippen LogP contribution is -2.11. The maximum atomic E-state index is 11.9. The van der Waals surface area contributed by atoms with Crippen LogP contribution in [-0.4, -0.2) is 15.9 Å². The fraction of sp³-hybridized carbons (Fsp3) is 0. The maximum absolute atomic E-state index is 11.9. The van der Waals surface area contributed by atoms with Crippen LogP contribution in [-0.2, 0) is 0 Å². The molecule has 0 aliphatic rings. The highest BCUT2D eigenvalue weighted by molar-refractivity contribution is 9.10. The van der Waals surface area contributed by atoms with Gasteiger partial charge in [0.05, 0.1) is 9.40 Å². The number of nitro groups is 1. The number of carbonyl (C=O) groups excluding carboxylic acids is 1. The summed E-state index contributed by atoms with van der Waals surface area (Å²) < 4.78 is 0.457. The Morgan fingerprint density at radius 2 is 1.85 bits per heavy atom. The Labute approximate surface area is 122 Å². The Bertz CT molecular complexity index is 671. The zero-order valence-electron chi connectivity index (χ0n) is 10.0. The Balaban J connectivity index is 2.15. The fourth-order valence-electron chi connectivity index (χ4n) is 1.52.